The molecule has 0 heterocycles. The number of hydrogen-bond donors (Lipinski definition) is 1. The molecular weight excluding hydrogens is 391 g/mol. The standard InChI is InChI=1S/C20H26O5S.K/c1-2-3-4-5-6-7-8-16-9-12-18(13-10-16)25-19-15-17(21)11-14-20(19)26(22,23)24;/h9-15,21H,2-8H2,1H3,(H,22,23,24);/q;+1/p-1. The fourth-order valence-corrected chi connectivity index (χ4v) is 3.34. The van der Waals surface area contributed by atoms with E-state index in [0.29, 0.717) is 5.75 Å². The summed E-state index contributed by atoms with van der Waals surface area (Å²) in [4.78, 5) is -0.423. The number of rotatable bonds is 10. The van der Waals surface area contributed by atoms with E-state index in [1.54, 1.807) is 12.1 Å². The summed E-state index contributed by atoms with van der Waals surface area (Å²) in [5.74, 6) is -0.164. The van der Waals surface area contributed by atoms with Crippen molar-refractivity contribution < 1.29 is 74.2 Å². The van der Waals surface area contributed by atoms with Gasteiger partial charge in [-0.1, -0.05) is 57.2 Å². The molecule has 2 aromatic carbocycles. The molecule has 7 heteroatoms. The smallest absolute Gasteiger partial charge is 0.872 e. The minimum absolute atomic E-state index is 0. The van der Waals surface area contributed by atoms with Crippen molar-refractivity contribution in [3.63, 3.8) is 0 Å². The van der Waals surface area contributed by atoms with Gasteiger partial charge in [-0.2, -0.15) is 8.42 Å². The second kappa shape index (κ2) is 12.2. The molecule has 0 spiro atoms. The van der Waals surface area contributed by atoms with Crippen LogP contribution in [0, 0.1) is 0 Å². The molecule has 2 rings (SSSR count). The maximum absolute atomic E-state index is 11.5. The molecule has 5 nitrogen and oxygen atoms in total. The van der Waals surface area contributed by atoms with Crippen LogP contribution in [0.25, 0.3) is 0 Å². The first kappa shape index (κ1) is 24.6. The molecule has 0 aliphatic heterocycles. The molecule has 0 aromatic heterocycles. The van der Waals surface area contributed by atoms with E-state index in [4.69, 9.17) is 4.74 Å². The predicted molar refractivity (Wildman–Crippen MR) is 99.3 cm³/mol. The summed E-state index contributed by atoms with van der Waals surface area (Å²) in [6.07, 6.45) is 8.43. The number of aryl methyl sites for hydroxylation is 1. The summed E-state index contributed by atoms with van der Waals surface area (Å²) < 4.78 is 37.5. The number of ether oxygens (including phenoxy) is 1. The van der Waals surface area contributed by atoms with Crippen LogP contribution in [0.5, 0.6) is 17.2 Å². The van der Waals surface area contributed by atoms with Crippen molar-refractivity contribution in [3.8, 4) is 17.2 Å². The molecule has 0 amide bonds. The van der Waals surface area contributed by atoms with E-state index in [-0.39, 0.29) is 57.1 Å². The Hall–Kier alpha value is -0.414. The molecule has 0 fully saturated rings. The quantitative estimate of drug-likeness (QED) is 0.362. The Labute approximate surface area is 204 Å². The third-order valence-corrected chi connectivity index (χ3v) is 5.06. The van der Waals surface area contributed by atoms with Gasteiger partial charge in [-0.3, -0.25) is 4.55 Å². The van der Waals surface area contributed by atoms with Crippen molar-refractivity contribution in [2.24, 2.45) is 0 Å². The molecular formula is C20H25KO5S. The van der Waals surface area contributed by atoms with Gasteiger partial charge in [0.05, 0.1) is 0 Å². The topological polar surface area (TPSA) is 86.7 Å². The van der Waals surface area contributed by atoms with E-state index in [1.807, 2.05) is 12.1 Å². The van der Waals surface area contributed by atoms with Gasteiger partial charge in [0.2, 0.25) is 0 Å². The van der Waals surface area contributed by atoms with Crippen molar-refractivity contribution in [2.45, 2.75) is 56.8 Å². The second-order valence-corrected chi connectivity index (χ2v) is 7.74. The first-order valence-corrected chi connectivity index (χ1v) is 10.4. The van der Waals surface area contributed by atoms with Crippen LogP contribution >= 0.6 is 0 Å². The van der Waals surface area contributed by atoms with Gasteiger partial charge in [-0.05, 0) is 42.7 Å². The maximum atomic E-state index is 11.5. The summed E-state index contributed by atoms with van der Waals surface area (Å²) in [6, 6.07) is 10.5. The fourth-order valence-electron chi connectivity index (χ4n) is 2.74. The van der Waals surface area contributed by atoms with Gasteiger partial charge in [0.1, 0.15) is 16.4 Å². The summed E-state index contributed by atoms with van der Waals surface area (Å²) in [6.45, 7) is 2.20. The van der Waals surface area contributed by atoms with E-state index in [9.17, 15) is 18.1 Å². The second-order valence-electron chi connectivity index (χ2n) is 6.35. The third-order valence-electron chi connectivity index (χ3n) is 4.16. The average Bonchev–Trinajstić information content (AvgIpc) is 2.58. The van der Waals surface area contributed by atoms with E-state index in [2.05, 4.69) is 6.92 Å². The van der Waals surface area contributed by atoms with Gasteiger partial charge in [0.25, 0.3) is 10.1 Å². The molecule has 0 aliphatic carbocycles. The zero-order valence-corrected chi connectivity index (χ0v) is 19.9. The zero-order chi connectivity index (χ0) is 19.0. The monoisotopic (exact) mass is 416 g/mol. The first-order valence-electron chi connectivity index (χ1n) is 8.95. The summed E-state index contributed by atoms with van der Waals surface area (Å²) >= 11 is 0. The molecule has 142 valence electrons. The van der Waals surface area contributed by atoms with Gasteiger partial charge in [0.15, 0.2) is 0 Å². The molecule has 0 aliphatic rings. The molecule has 0 saturated heterocycles. The fraction of sp³-hybridized carbons (Fsp3) is 0.400. The van der Waals surface area contributed by atoms with E-state index >= 15 is 0 Å². The zero-order valence-electron chi connectivity index (χ0n) is 16.0. The normalized spacial score (nSPS) is 11.0. The van der Waals surface area contributed by atoms with Crippen LogP contribution < -0.4 is 61.2 Å². The van der Waals surface area contributed by atoms with Crippen molar-refractivity contribution >= 4 is 10.1 Å². The van der Waals surface area contributed by atoms with Crippen molar-refractivity contribution in [3.05, 3.63) is 48.0 Å². The SMILES string of the molecule is CCCCCCCCc1ccc(Oc2cc([O-])ccc2S(=O)(=O)O)cc1.[K+]. The minimum atomic E-state index is -4.46. The van der Waals surface area contributed by atoms with Crippen molar-refractivity contribution in [2.75, 3.05) is 0 Å². The first-order chi connectivity index (χ1) is 12.4. The van der Waals surface area contributed by atoms with Gasteiger partial charge in [-0.15, -0.1) is 5.75 Å². The molecule has 27 heavy (non-hydrogen) atoms. The molecule has 2 aromatic rings. The molecule has 0 saturated carbocycles. The Morgan fingerprint density at radius 2 is 1.59 bits per heavy atom. The van der Waals surface area contributed by atoms with Crippen LogP contribution in [0.3, 0.4) is 0 Å². The summed E-state index contributed by atoms with van der Waals surface area (Å²) in [5.41, 5.74) is 1.18. The van der Waals surface area contributed by atoms with Gasteiger partial charge < -0.3 is 9.84 Å². The Morgan fingerprint density at radius 1 is 0.963 bits per heavy atom. The summed E-state index contributed by atoms with van der Waals surface area (Å²) in [5, 5.41) is 11.5. The van der Waals surface area contributed by atoms with Gasteiger partial charge in [0, 0.05) is 0 Å². The van der Waals surface area contributed by atoms with E-state index < -0.39 is 20.8 Å². The molecule has 0 bridgehead atoms. The van der Waals surface area contributed by atoms with Crippen LogP contribution in [0.4, 0.5) is 0 Å². The van der Waals surface area contributed by atoms with Crippen LogP contribution in [0.1, 0.15) is 51.0 Å². The van der Waals surface area contributed by atoms with Crippen molar-refractivity contribution in [1.29, 1.82) is 0 Å². The average molecular weight is 417 g/mol. The van der Waals surface area contributed by atoms with Gasteiger partial charge in [-0.25, -0.2) is 0 Å². The Balaban J connectivity index is 0.00000364. The minimum Gasteiger partial charge on any atom is -0.872 e. The predicted octanol–water partition coefficient (Wildman–Crippen LogP) is 1.71. The van der Waals surface area contributed by atoms with Crippen LogP contribution in [0.15, 0.2) is 47.4 Å². The van der Waals surface area contributed by atoms with E-state index in [1.165, 1.54) is 37.7 Å². The van der Waals surface area contributed by atoms with Crippen LogP contribution in [-0.4, -0.2) is 13.0 Å². The largest absolute Gasteiger partial charge is 1.00 e. The molecule has 0 atom stereocenters. The van der Waals surface area contributed by atoms with E-state index in [0.717, 1.165) is 31.0 Å². The number of benzene rings is 2. The van der Waals surface area contributed by atoms with Gasteiger partial charge >= 0.3 is 51.4 Å². The van der Waals surface area contributed by atoms with Crippen LogP contribution in [-0.2, 0) is 16.5 Å². The summed E-state index contributed by atoms with van der Waals surface area (Å²) in [7, 11) is -4.46. The number of hydrogen-bond acceptors (Lipinski definition) is 4. The van der Waals surface area contributed by atoms with Crippen LogP contribution in [0.2, 0.25) is 0 Å². The Kier molecular flexibility index (Phi) is 11.1. The molecule has 0 radical (unpaired) electrons. The molecule has 0 unspecified atom stereocenters. The van der Waals surface area contributed by atoms with Crippen molar-refractivity contribution in [1.82, 2.24) is 0 Å². The Bertz CT molecular complexity index is 804. The maximum Gasteiger partial charge on any atom is 1.00 e. The third kappa shape index (κ3) is 8.64. The number of unbranched alkanes of at least 4 members (excludes halogenated alkanes) is 5. The Morgan fingerprint density at radius 3 is 2.22 bits per heavy atom. The molecule has 1 N–H and O–H groups in total.